The third-order valence-electron chi connectivity index (χ3n) is 1.95. The Labute approximate surface area is 91.5 Å². The van der Waals surface area contributed by atoms with Gasteiger partial charge in [0.15, 0.2) is 0 Å². The molecule has 72 valence electrons. The molecule has 0 fully saturated rings. The van der Waals surface area contributed by atoms with E-state index in [0.29, 0.717) is 6.54 Å². The number of nitrogens with zero attached hydrogens (tertiary/aromatic N) is 1. The van der Waals surface area contributed by atoms with Crippen molar-refractivity contribution in [1.29, 1.82) is 0 Å². The van der Waals surface area contributed by atoms with Gasteiger partial charge in [-0.2, -0.15) is 0 Å². The number of benzene rings is 1. The second-order valence-corrected chi connectivity index (χ2v) is 4.13. The zero-order chi connectivity index (χ0) is 9.97. The van der Waals surface area contributed by atoms with Crippen molar-refractivity contribution in [2.24, 2.45) is 5.73 Å². The lowest BCUT2D eigenvalue weighted by atomic mass is 10.1. The summed E-state index contributed by atoms with van der Waals surface area (Å²) in [5.74, 6) is 0. The van der Waals surface area contributed by atoms with E-state index < -0.39 is 0 Å². The first-order valence-corrected chi connectivity index (χ1v) is 5.36. The van der Waals surface area contributed by atoms with E-state index in [-0.39, 0.29) is 0 Å². The monoisotopic (exact) mass is 224 g/mol. The van der Waals surface area contributed by atoms with Gasteiger partial charge in [0.2, 0.25) is 0 Å². The molecule has 0 saturated heterocycles. The fraction of sp³-hybridized carbons (Fsp3) is 0.100. The highest BCUT2D eigenvalue weighted by atomic mass is 35.5. The SMILES string of the molecule is NCc1cnsc1-c1cccc(Cl)c1. The first-order chi connectivity index (χ1) is 6.81. The van der Waals surface area contributed by atoms with Gasteiger partial charge in [-0.15, -0.1) is 0 Å². The van der Waals surface area contributed by atoms with Crippen molar-refractivity contribution >= 4 is 23.1 Å². The highest BCUT2D eigenvalue weighted by Crippen LogP contribution is 2.28. The number of halogens is 1. The predicted octanol–water partition coefficient (Wildman–Crippen LogP) is 2.92. The fourth-order valence-corrected chi connectivity index (χ4v) is 2.23. The van der Waals surface area contributed by atoms with E-state index in [1.54, 1.807) is 6.20 Å². The third-order valence-corrected chi connectivity index (χ3v) is 3.08. The van der Waals surface area contributed by atoms with E-state index in [9.17, 15) is 0 Å². The molecule has 0 bridgehead atoms. The molecule has 0 atom stereocenters. The predicted molar refractivity (Wildman–Crippen MR) is 60.5 cm³/mol. The minimum Gasteiger partial charge on any atom is -0.326 e. The smallest absolute Gasteiger partial charge is 0.0595 e. The van der Waals surface area contributed by atoms with E-state index in [2.05, 4.69) is 4.37 Å². The largest absolute Gasteiger partial charge is 0.326 e. The maximum absolute atomic E-state index is 5.91. The Balaban J connectivity index is 2.49. The van der Waals surface area contributed by atoms with Crippen LogP contribution in [-0.4, -0.2) is 4.37 Å². The Hall–Kier alpha value is -0.900. The van der Waals surface area contributed by atoms with Crippen LogP contribution in [0.25, 0.3) is 10.4 Å². The summed E-state index contributed by atoms with van der Waals surface area (Å²) in [4.78, 5) is 1.11. The molecular formula is C10H9ClN2S. The molecule has 2 N–H and O–H groups in total. The van der Waals surface area contributed by atoms with Crippen molar-refractivity contribution in [1.82, 2.24) is 4.37 Å². The summed E-state index contributed by atoms with van der Waals surface area (Å²) in [5.41, 5.74) is 7.75. The Morgan fingerprint density at radius 3 is 3.00 bits per heavy atom. The van der Waals surface area contributed by atoms with Gasteiger partial charge in [0.25, 0.3) is 0 Å². The third kappa shape index (κ3) is 1.80. The van der Waals surface area contributed by atoms with Crippen LogP contribution in [0.1, 0.15) is 5.56 Å². The molecular weight excluding hydrogens is 216 g/mol. The van der Waals surface area contributed by atoms with Crippen LogP contribution in [0.15, 0.2) is 30.5 Å². The van der Waals surface area contributed by atoms with Gasteiger partial charge in [-0.1, -0.05) is 23.7 Å². The van der Waals surface area contributed by atoms with Gasteiger partial charge < -0.3 is 5.73 Å². The molecule has 0 amide bonds. The number of nitrogens with two attached hydrogens (primary N) is 1. The Bertz CT molecular complexity index is 439. The number of hydrogen-bond acceptors (Lipinski definition) is 3. The normalized spacial score (nSPS) is 10.4. The van der Waals surface area contributed by atoms with E-state index in [0.717, 1.165) is 21.0 Å². The van der Waals surface area contributed by atoms with Gasteiger partial charge in [-0.25, -0.2) is 4.37 Å². The Morgan fingerprint density at radius 2 is 2.29 bits per heavy atom. The molecule has 0 aliphatic heterocycles. The van der Waals surface area contributed by atoms with Crippen molar-refractivity contribution in [3.8, 4) is 10.4 Å². The van der Waals surface area contributed by atoms with Crippen LogP contribution in [0.3, 0.4) is 0 Å². The molecule has 14 heavy (non-hydrogen) atoms. The molecule has 0 radical (unpaired) electrons. The van der Waals surface area contributed by atoms with Gasteiger partial charge in [0.1, 0.15) is 0 Å². The van der Waals surface area contributed by atoms with E-state index in [1.807, 2.05) is 24.3 Å². The van der Waals surface area contributed by atoms with Crippen LogP contribution >= 0.6 is 23.1 Å². The number of hydrogen-bond donors (Lipinski definition) is 1. The molecule has 2 rings (SSSR count). The maximum atomic E-state index is 5.91. The van der Waals surface area contributed by atoms with Crippen LogP contribution in [-0.2, 0) is 6.54 Å². The van der Waals surface area contributed by atoms with Gasteiger partial charge in [-0.3, -0.25) is 0 Å². The second kappa shape index (κ2) is 4.09. The molecule has 1 aromatic carbocycles. The molecule has 0 saturated carbocycles. The second-order valence-electron chi connectivity index (χ2n) is 2.89. The molecule has 2 aromatic rings. The molecule has 0 aliphatic carbocycles. The van der Waals surface area contributed by atoms with Crippen LogP contribution in [0.4, 0.5) is 0 Å². The molecule has 4 heteroatoms. The summed E-state index contributed by atoms with van der Waals surface area (Å²) < 4.78 is 4.12. The quantitative estimate of drug-likeness (QED) is 0.852. The average molecular weight is 225 g/mol. The van der Waals surface area contributed by atoms with E-state index in [4.69, 9.17) is 17.3 Å². The minimum atomic E-state index is 0.512. The number of rotatable bonds is 2. The molecule has 1 aromatic heterocycles. The van der Waals surface area contributed by atoms with Crippen molar-refractivity contribution < 1.29 is 0 Å². The highest BCUT2D eigenvalue weighted by Gasteiger charge is 2.06. The summed E-state index contributed by atoms with van der Waals surface area (Å²) in [6.07, 6.45) is 1.81. The van der Waals surface area contributed by atoms with Crippen molar-refractivity contribution in [3.63, 3.8) is 0 Å². The fourth-order valence-electron chi connectivity index (χ4n) is 1.27. The zero-order valence-electron chi connectivity index (χ0n) is 7.40. The zero-order valence-corrected chi connectivity index (χ0v) is 8.98. The van der Waals surface area contributed by atoms with E-state index in [1.165, 1.54) is 11.5 Å². The number of aromatic nitrogens is 1. The summed E-state index contributed by atoms with van der Waals surface area (Å²) in [7, 11) is 0. The summed E-state index contributed by atoms with van der Waals surface area (Å²) in [6.45, 7) is 0.512. The van der Waals surface area contributed by atoms with E-state index >= 15 is 0 Å². The summed E-state index contributed by atoms with van der Waals surface area (Å²) >= 11 is 7.36. The van der Waals surface area contributed by atoms with Crippen molar-refractivity contribution in [3.05, 3.63) is 41.0 Å². The Kier molecular flexibility index (Phi) is 2.82. The Morgan fingerprint density at radius 1 is 1.43 bits per heavy atom. The van der Waals surface area contributed by atoms with Crippen LogP contribution in [0.5, 0.6) is 0 Å². The standard InChI is InChI=1S/C10H9ClN2S/c11-9-3-1-2-7(4-9)10-8(5-12)6-13-14-10/h1-4,6H,5,12H2. The van der Waals surface area contributed by atoms with Crippen LogP contribution in [0, 0.1) is 0 Å². The molecule has 1 heterocycles. The van der Waals surface area contributed by atoms with Crippen molar-refractivity contribution in [2.45, 2.75) is 6.54 Å². The molecule has 0 unspecified atom stereocenters. The molecule has 0 spiro atoms. The highest BCUT2D eigenvalue weighted by molar-refractivity contribution is 7.09. The summed E-state index contributed by atoms with van der Waals surface area (Å²) in [5, 5.41) is 0.735. The molecule has 0 aliphatic rings. The summed E-state index contributed by atoms with van der Waals surface area (Å²) in [6, 6.07) is 7.72. The van der Waals surface area contributed by atoms with Gasteiger partial charge in [0, 0.05) is 23.3 Å². The molecule has 2 nitrogen and oxygen atoms in total. The lowest BCUT2D eigenvalue weighted by Gasteiger charge is -2.00. The lowest BCUT2D eigenvalue weighted by Crippen LogP contribution is -1.95. The van der Waals surface area contributed by atoms with Crippen molar-refractivity contribution in [2.75, 3.05) is 0 Å². The van der Waals surface area contributed by atoms with Gasteiger partial charge in [-0.05, 0) is 29.2 Å². The first-order valence-electron chi connectivity index (χ1n) is 4.21. The topological polar surface area (TPSA) is 38.9 Å². The minimum absolute atomic E-state index is 0.512. The maximum Gasteiger partial charge on any atom is 0.0595 e. The first kappa shape index (κ1) is 9.65. The van der Waals surface area contributed by atoms with Crippen LogP contribution < -0.4 is 5.73 Å². The van der Waals surface area contributed by atoms with Crippen LogP contribution in [0.2, 0.25) is 5.02 Å². The average Bonchev–Trinajstić information content (AvgIpc) is 2.65. The van der Waals surface area contributed by atoms with Gasteiger partial charge >= 0.3 is 0 Å². The van der Waals surface area contributed by atoms with Gasteiger partial charge in [0.05, 0.1) is 4.88 Å². The lowest BCUT2D eigenvalue weighted by molar-refractivity contribution is 1.08.